The smallest absolute Gasteiger partial charge is 0.119 e. The highest BCUT2D eigenvalue weighted by atomic mass is 16.5. The molecule has 1 aromatic rings. The van der Waals surface area contributed by atoms with Crippen LogP contribution in [-0.4, -0.2) is 30.4 Å². The van der Waals surface area contributed by atoms with Crippen molar-refractivity contribution in [2.75, 3.05) is 13.2 Å². The van der Waals surface area contributed by atoms with Crippen LogP contribution in [0.25, 0.3) is 0 Å². The van der Waals surface area contributed by atoms with E-state index in [0.717, 1.165) is 11.7 Å². The van der Waals surface area contributed by atoms with Gasteiger partial charge in [-0.3, -0.25) is 0 Å². The second-order valence-corrected chi connectivity index (χ2v) is 5.71. The van der Waals surface area contributed by atoms with Gasteiger partial charge in [0.1, 0.15) is 18.5 Å². The highest BCUT2D eigenvalue weighted by Gasteiger charge is 2.29. The summed E-state index contributed by atoms with van der Waals surface area (Å²) in [6.45, 7) is 5.55. The first-order chi connectivity index (χ1) is 9.16. The molecule has 0 amide bonds. The van der Waals surface area contributed by atoms with Crippen LogP contribution in [0.1, 0.15) is 26.7 Å². The van der Waals surface area contributed by atoms with Gasteiger partial charge in [0.15, 0.2) is 0 Å². The third-order valence-corrected chi connectivity index (χ3v) is 4.27. The molecule has 0 aliphatic heterocycles. The Morgan fingerprint density at radius 3 is 2.63 bits per heavy atom. The molecule has 4 atom stereocenters. The van der Waals surface area contributed by atoms with Crippen molar-refractivity contribution in [1.82, 2.24) is 5.32 Å². The van der Waals surface area contributed by atoms with E-state index < -0.39 is 6.10 Å². The second-order valence-electron chi connectivity index (χ2n) is 5.71. The highest BCUT2D eigenvalue weighted by molar-refractivity contribution is 5.20. The summed E-state index contributed by atoms with van der Waals surface area (Å²) in [6.07, 6.45) is 2.05. The Bertz CT molecular complexity index is 368. The van der Waals surface area contributed by atoms with Crippen molar-refractivity contribution in [1.29, 1.82) is 0 Å². The molecule has 3 nitrogen and oxygen atoms in total. The fourth-order valence-corrected chi connectivity index (χ4v) is 2.71. The van der Waals surface area contributed by atoms with E-state index in [1.54, 1.807) is 0 Å². The predicted molar refractivity (Wildman–Crippen MR) is 77.3 cm³/mol. The summed E-state index contributed by atoms with van der Waals surface area (Å²) in [5, 5.41) is 13.4. The molecule has 0 heterocycles. The summed E-state index contributed by atoms with van der Waals surface area (Å²) in [6, 6.07) is 10.2. The van der Waals surface area contributed by atoms with Crippen LogP contribution in [0.5, 0.6) is 5.75 Å². The molecule has 0 aromatic heterocycles. The van der Waals surface area contributed by atoms with Crippen LogP contribution in [0.4, 0.5) is 0 Å². The molecule has 1 aliphatic carbocycles. The minimum Gasteiger partial charge on any atom is -0.491 e. The Morgan fingerprint density at radius 1 is 1.26 bits per heavy atom. The fourth-order valence-electron chi connectivity index (χ4n) is 2.71. The van der Waals surface area contributed by atoms with E-state index in [9.17, 15) is 5.11 Å². The number of benzene rings is 1. The summed E-state index contributed by atoms with van der Waals surface area (Å²) in [5.41, 5.74) is 0. The van der Waals surface area contributed by atoms with Gasteiger partial charge < -0.3 is 15.2 Å². The molecular weight excluding hydrogens is 238 g/mol. The zero-order chi connectivity index (χ0) is 13.7. The number of hydrogen-bond donors (Lipinski definition) is 2. The van der Waals surface area contributed by atoms with Crippen LogP contribution >= 0.6 is 0 Å². The van der Waals surface area contributed by atoms with Gasteiger partial charge in [-0.25, -0.2) is 0 Å². The average Bonchev–Trinajstić information content (AvgIpc) is 2.75. The van der Waals surface area contributed by atoms with Gasteiger partial charge in [-0.1, -0.05) is 32.0 Å². The summed E-state index contributed by atoms with van der Waals surface area (Å²) in [7, 11) is 0. The van der Waals surface area contributed by atoms with Crippen LogP contribution in [0.3, 0.4) is 0 Å². The lowest BCUT2D eigenvalue weighted by Crippen LogP contribution is -2.39. The van der Waals surface area contributed by atoms with E-state index in [4.69, 9.17) is 4.74 Å². The number of aliphatic hydroxyl groups excluding tert-OH is 1. The fraction of sp³-hybridized carbons (Fsp3) is 0.625. The molecule has 1 aromatic carbocycles. The van der Waals surface area contributed by atoms with Gasteiger partial charge in [-0.15, -0.1) is 0 Å². The Hall–Kier alpha value is -1.06. The van der Waals surface area contributed by atoms with Gasteiger partial charge in [0.2, 0.25) is 0 Å². The van der Waals surface area contributed by atoms with Crippen LogP contribution in [0.2, 0.25) is 0 Å². The predicted octanol–water partition coefficient (Wildman–Crippen LogP) is 2.45. The maximum Gasteiger partial charge on any atom is 0.119 e. The van der Waals surface area contributed by atoms with E-state index >= 15 is 0 Å². The molecule has 1 aliphatic rings. The number of aliphatic hydroxyl groups is 1. The van der Waals surface area contributed by atoms with Crippen molar-refractivity contribution in [2.45, 2.75) is 38.8 Å². The van der Waals surface area contributed by atoms with Crippen molar-refractivity contribution in [3.05, 3.63) is 30.3 Å². The van der Waals surface area contributed by atoms with Crippen molar-refractivity contribution >= 4 is 0 Å². The first-order valence-electron chi connectivity index (χ1n) is 7.26. The van der Waals surface area contributed by atoms with Crippen LogP contribution in [0.15, 0.2) is 30.3 Å². The van der Waals surface area contributed by atoms with E-state index in [1.807, 2.05) is 30.3 Å². The molecule has 3 heteroatoms. The van der Waals surface area contributed by atoms with Crippen LogP contribution < -0.4 is 10.1 Å². The summed E-state index contributed by atoms with van der Waals surface area (Å²) >= 11 is 0. The Labute approximate surface area is 116 Å². The molecule has 2 N–H and O–H groups in total. The zero-order valence-electron chi connectivity index (χ0n) is 11.9. The molecule has 0 radical (unpaired) electrons. The molecule has 2 rings (SSSR count). The SMILES string of the molecule is CC1CCC(NCC(O)COc2ccccc2)C1C. The number of hydrogen-bond acceptors (Lipinski definition) is 3. The Morgan fingerprint density at radius 2 is 2.00 bits per heavy atom. The van der Waals surface area contributed by atoms with Crippen molar-refractivity contribution in [2.24, 2.45) is 11.8 Å². The summed E-state index contributed by atoms with van der Waals surface area (Å²) < 4.78 is 5.54. The standard InChI is InChI=1S/C16H25NO2/c1-12-8-9-16(13(12)2)17-10-14(18)11-19-15-6-4-3-5-7-15/h3-7,12-14,16-18H,8-11H2,1-2H3. The van der Waals surface area contributed by atoms with E-state index in [0.29, 0.717) is 25.1 Å². The molecule has 1 fully saturated rings. The van der Waals surface area contributed by atoms with Gasteiger partial charge in [-0.2, -0.15) is 0 Å². The lowest BCUT2D eigenvalue weighted by molar-refractivity contribution is 0.102. The maximum absolute atomic E-state index is 9.94. The number of nitrogens with one attached hydrogen (secondary N) is 1. The quantitative estimate of drug-likeness (QED) is 0.828. The third-order valence-electron chi connectivity index (χ3n) is 4.27. The highest BCUT2D eigenvalue weighted by Crippen LogP contribution is 2.30. The third kappa shape index (κ3) is 4.22. The molecule has 19 heavy (non-hydrogen) atoms. The minimum absolute atomic E-state index is 0.341. The number of para-hydroxylation sites is 1. The van der Waals surface area contributed by atoms with Gasteiger partial charge in [0.05, 0.1) is 0 Å². The minimum atomic E-state index is -0.455. The normalized spacial score (nSPS) is 28.3. The summed E-state index contributed by atoms with van der Waals surface area (Å²) in [4.78, 5) is 0. The van der Waals surface area contributed by atoms with E-state index in [2.05, 4.69) is 19.2 Å². The molecule has 106 valence electrons. The lowest BCUT2D eigenvalue weighted by Gasteiger charge is -2.21. The number of ether oxygens (including phenoxy) is 1. The van der Waals surface area contributed by atoms with Crippen molar-refractivity contribution in [3.63, 3.8) is 0 Å². The largest absolute Gasteiger partial charge is 0.491 e. The molecular formula is C16H25NO2. The van der Waals surface area contributed by atoms with E-state index in [1.165, 1.54) is 12.8 Å². The van der Waals surface area contributed by atoms with Crippen molar-refractivity contribution < 1.29 is 9.84 Å². The topological polar surface area (TPSA) is 41.5 Å². The second kappa shape index (κ2) is 6.92. The van der Waals surface area contributed by atoms with Gasteiger partial charge in [0.25, 0.3) is 0 Å². The molecule has 0 spiro atoms. The van der Waals surface area contributed by atoms with E-state index in [-0.39, 0.29) is 0 Å². The number of rotatable bonds is 6. The molecule has 4 unspecified atom stereocenters. The molecule has 1 saturated carbocycles. The molecule has 0 bridgehead atoms. The van der Waals surface area contributed by atoms with Gasteiger partial charge in [0, 0.05) is 12.6 Å². The maximum atomic E-state index is 9.94. The Balaban J connectivity index is 1.66. The Kier molecular flexibility index (Phi) is 5.23. The van der Waals surface area contributed by atoms with Gasteiger partial charge in [-0.05, 0) is 36.8 Å². The lowest BCUT2D eigenvalue weighted by atomic mass is 9.98. The average molecular weight is 263 g/mol. The van der Waals surface area contributed by atoms with Crippen molar-refractivity contribution in [3.8, 4) is 5.75 Å². The summed E-state index contributed by atoms with van der Waals surface area (Å²) in [5.74, 6) is 2.29. The first-order valence-corrected chi connectivity index (χ1v) is 7.26. The first kappa shape index (κ1) is 14.4. The zero-order valence-corrected chi connectivity index (χ0v) is 11.9. The van der Waals surface area contributed by atoms with Crippen LogP contribution in [-0.2, 0) is 0 Å². The molecule has 0 saturated heterocycles. The van der Waals surface area contributed by atoms with Crippen LogP contribution in [0, 0.1) is 11.8 Å². The monoisotopic (exact) mass is 263 g/mol. The van der Waals surface area contributed by atoms with Gasteiger partial charge >= 0.3 is 0 Å².